The third kappa shape index (κ3) is 6.98. The van der Waals surface area contributed by atoms with Crippen molar-refractivity contribution >= 4 is 17.6 Å². The molecule has 1 aliphatic rings. The first-order valence-corrected chi connectivity index (χ1v) is 12.7. The maximum Gasteiger partial charge on any atom is 0.461 e. The van der Waals surface area contributed by atoms with Gasteiger partial charge in [-0.1, -0.05) is 54.8 Å². The summed E-state index contributed by atoms with van der Waals surface area (Å²) in [5, 5.41) is 3.58. The largest absolute Gasteiger partial charge is 0.469 e. The van der Waals surface area contributed by atoms with E-state index in [2.05, 4.69) is 15.0 Å². The van der Waals surface area contributed by atoms with E-state index in [-0.39, 0.29) is 24.0 Å². The first-order chi connectivity index (χ1) is 18.6. The normalized spacial score (nSPS) is 16.3. The van der Waals surface area contributed by atoms with Crippen LogP contribution in [-0.4, -0.2) is 36.7 Å². The standard InChI is InChI=1S/C28H27ClF5N3O2/c1-38-26(36-22-9-5-6-10-22)37-27(16-18-7-3-2-4-8-18,24-12-11-20(29)17-35-24)19-13-21(30)15-23(14-19)39-28(33,34)25(31)32/h2-4,7-8,11-15,17,22,25H,5-6,9-10,16H2,1H3,(H,36,37)/t27-/m0/s1. The van der Waals surface area contributed by atoms with E-state index in [1.807, 2.05) is 30.3 Å². The van der Waals surface area contributed by atoms with Crippen LogP contribution in [0.3, 0.4) is 0 Å². The van der Waals surface area contributed by atoms with Crippen molar-refractivity contribution in [2.24, 2.45) is 4.99 Å². The lowest BCUT2D eigenvalue weighted by molar-refractivity contribution is -0.253. The smallest absolute Gasteiger partial charge is 0.461 e. The number of aliphatic imine (C=N–C) groups is 1. The molecule has 0 saturated heterocycles. The number of pyridine rings is 1. The summed E-state index contributed by atoms with van der Waals surface area (Å²) in [5.41, 5.74) is -0.316. The number of nitrogens with one attached hydrogen (secondary N) is 1. The van der Waals surface area contributed by atoms with Crippen LogP contribution in [0, 0.1) is 5.82 Å². The molecular weight excluding hydrogens is 541 g/mol. The summed E-state index contributed by atoms with van der Waals surface area (Å²) in [6, 6.07) is 15.2. The van der Waals surface area contributed by atoms with Crippen molar-refractivity contribution < 1.29 is 31.4 Å². The van der Waals surface area contributed by atoms with Crippen molar-refractivity contribution in [3.05, 3.63) is 94.5 Å². The van der Waals surface area contributed by atoms with E-state index in [0.717, 1.165) is 43.4 Å². The molecule has 2 aromatic carbocycles. The summed E-state index contributed by atoms with van der Waals surface area (Å²) in [7, 11) is 1.42. The zero-order valence-corrected chi connectivity index (χ0v) is 21.8. The Hall–Kier alpha value is -3.40. The molecule has 1 saturated carbocycles. The Bertz CT molecular complexity index is 1270. The summed E-state index contributed by atoms with van der Waals surface area (Å²) < 4.78 is 78.3. The number of nitrogens with zero attached hydrogens (tertiary/aromatic N) is 2. The second-order valence-electron chi connectivity index (χ2n) is 9.27. The fourth-order valence-electron chi connectivity index (χ4n) is 4.64. The Balaban J connectivity index is 1.92. The second-order valence-corrected chi connectivity index (χ2v) is 9.71. The molecule has 4 rings (SSSR count). The molecule has 1 N–H and O–H groups in total. The summed E-state index contributed by atoms with van der Waals surface area (Å²) in [6.07, 6.45) is -3.69. The van der Waals surface area contributed by atoms with Gasteiger partial charge in [-0.05, 0) is 48.2 Å². The number of aromatic nitrogens is 1. The molecule has 39 heavy (non-hydrogen) atoms. The zero-order chi connectivity index (χ0) is 28.0. The third-order valence-electron chi connectivity index (χ3n) is 6.49. The van der Waals surface area contributed by atoms with Gasteiger partial charge >= 0.3 is 12.5 Å². The van der Waals surface area contributed by atoms with E-state index in [1.165, 1.54) is 13.3 Å². The average Bonchev–Trinajstić information content (AvgIpc) is 3.41. The van der Waals surface area contributed by atoms with E-state index < -0.39 is 29.6 Å². The minimum absolute atomic E-state index is 0.00353. The van der Waals surface area contributed by atoms with Gasteiger partial charge in [-0.25, -0.2) is 9.38 Å². The molecule has 0 aliphatic heterocycles. The number of hydrogen-bond donors (Lipinski definition) is 1. The number of alkyl halides is 4. The van der Waals surface area contributed by atoms with Crippen molar-refractivity contribution in [2.45, 2.75) is 56.2 Å². The topological polar surface area (TPSA) is 55.7 Å². The molecule has 0 radical (unpaired) electrons. The average molecular weight is 568 g/mol. The Morgan fingerprint density at radius 2 is 1.82 bits per heavy atom. The quantitative estimate of drug-likeness (QED) is 0.170. The highest BCUT2D eigenvalue weighted by molar-refractivity contribution is 6.30. The molecule has 1 fully saturated rings. The molecule has 1 atom stereocenters. The zero-order valence-electron chi connectivity index (χ0n) is 21.0. The molecule has 1 aliphatic carbocycles. The maximum atomic E-state index is 15.0. The van der Waals surface area contributed by atoms with Gasteiger partial charge in [-0.15, -0.1) is 0 Å². The fraction of sp³-hybridized carbons (Fsp3) is 0.357. The van der Waals surface area contributed by atoms with Crippen LogP contribution < -0.4 is 10.1 Å². The second kappa shape index (κ2) is 12.2. The van der Waals surface area contributed by atoms with E-state index >= 15 is 0 Å². The number of amidine groups is 1. The molecular formula is C28H27ClF5N3O2. The maximum absolute atomic E-state index is 15.0. The van der Waals surface area contributed by atoms with Gasteiger partial charge in [0, 0.05) is 18.7 Å². The van der Waals surface area contributed by atoms with Crippen LogP contribution in [0.2, 0.25) is 5.02 Å². The molecule has 1 aromatic heterocycles. The van der Waals surface area contributed by atoms with Crippen molar-refractivity contribution in [1.82, 2.24) is 10.3 Å². The van der Waals surface area contributed by atoms with Crippen molar-refractivity contribution in [2.75, 3.05) is 7.11 Å². The third-order valence-corrected chi connectivity index (χ3v) is 6.71. The van der Waals surface area contributed by atoms with Crippen LogP contribution in [0.15, 0.2) is 71.9 Å². The van der Waals surface area contributed by atoms with Crippen LogP contribution >= 0.6 is 11.6 Å². The first kappa shape index (κ1) is 28.6. The van der Waals surface area contributed by atoms with Crippen molar-refractivity contribution in [3.8, 4) is 5.75 Å². The van der Waals surface area contributed by atoms with Crippen LogP contribution in [0.4, 0.5) is 22.0 Å². The summed E-state index contributed by atoms with van der Waals surface area (Å²) in [6.45, 7) is 0. The Morgan fingerprint density at radius 1 is 1.10 bits per heavy atom. The van der Waals surface area contributed by atoms with Crippen LogP contribution in [0.5, 0.6) is 5.75 Å². The van der Waals surface area contributed by atoms with Crippen molar-refractivity contribution in [1.29, 1.82) is 0 Å². The number of hydrogen-bond acceptors (Lipinski definition) is 4. The fourth-order valence-corrected chi connectivity index (χ4v) is 4.75. The van der Waals surface area contributed by atoms with Crippen LogP contribution in [-0.2, 0) is 16.7 Å². The predicted molar refractivity (Wildman–Crippen MR) is 138 cm³/mol. The minimum atomic E-state index is -4.83. The lowest BCUT2D eigenvalue weighted by Gasteiger charge is -2.36. The number of benzene rings is 2. The van der Waals surface area contributed by atoms with Crippen LogP contribution in [0.25, 0.3) is 0 Å². The highest BCUT2D eigenvalue weighted by Gasteiger charge is 2.45. The van der Waals surface area contributed by atoms with E-state index in [0.29, 0.717) is 16.8 Å². The minimum Gasteiger partial charge on any atom is -0.469 e. The highest BCUT2D eigenvalue weighted by Crippen LogP contribution is 2.37. The Morgan fingerprint density at radius 3 is 2.44 bits per heavy atom. The summed E-state index contributed by atoms with van der Waals surface area (Å²) in [4.78, 5) is 9.17. The predicted octanol–water partition coefficient (Wildman–Crippen LogP) is 7.13. The molecule has 11 heteroatoms. The molecule has 208 valence electrons. The van der Waals surface area contributed by atoms with E-state index in [1.54, 1.807) is 12.1 Å². The van der Waals surface area contributed by atoms with Gasteiger partial charge in [0.1, 0.15) is 17.1 Å². The summed E-state index contributed by atoms with van der Waals surface area (Å²) in [5.74, 6) is -1.76. The Kier molecular flexibility index (Phi) is 8.94. The Labute approximate surface area is 228 Å². The molecule has 5 nitrogen and oxygen atoms in total. The van der Waals surface area contributed by atoms with Gasteiger partial charge in [-0.3, -0.25) is 4.98 Å². The molecule has 0 bridgehead atoms. The van der Waals surface area contributed by atoms with E-state index in [9.17, 15) is 22.0 Å². The summed E-state index contributed by atoms with van der Waals surface area (Å²) >= 11 is 6.10. The van der Waals surface area contributed by atoms with Gasteiger partial charge in [0.15, 0.2) is 0 Å². The van der Waals surface area contributed by atoms with E-state index in [4.69, 9.17) is 21.3 Å². The number of ether oxygens (including phenoxy) is 2. The lowest BCUT2D eigenvalue weighted by atomic mass is 9.80. The van der Waals surface area contributed by atoms with Gasteiger partial charge in [0.2, 0.25) is 0 Å². The molecule has 0 unspecified atom stereocenters. The molecule has 3 aromatic rings. The number of halogens is 6. The van der Waals surface area contributed by atoms with Crippen LogP contribution in [0.1, 0.15) is 42.5 Å². The molecule has 1 heterocycles. The van der Waals surface area contributed by atoms with Gasteiger partial charge in [0.05, 0.1) is 23.9 Å². The monoisotopic (exact) mass is 567 g/mol. The molecule has 0 amide bonds. The lowest BCUT2D eigenvalue weighted by Crippen LogP contribution is -2.50. The van der Waals surface area contributed by atoms with Gasteiger partial charge in [-0.2, -0.15) is 17.6 Å². The highest BCUT2D eigenvalue weighted by atomic mass is 35.5. The SMILES string of the molecule is CO/C(=N\C1CCCC1)N[C@@](Cc1ccccc1)(c1cc(F)cc(OC(F)(F)C(F)F)c1)c1ccc(Cl)cn1. The van der Waals surface area contributed by atoms with Gasteiger partial charge in [0.25, 0.3) is 6.02 Å². The van der Waals surface area contributed by atoms with Crippen molar-refractivity contribution in [3.63, 3.8) is 0 Å². The first-order valence-electron chi connectivity index (χ1n) is 12.3. The number of methoxy groups -OCH3 is 1. The number of rotatable bonds is 9. The molecule has 0 spiro atoms. The van der Waals surface area contributed by atoms with Gasteiger partial charge < -0.3 is 14.8 Å².